The van der Waals surface area contributed by atoms with E-state index < -0.39 is 0 Å². The molecule has 0 fully saturated rings. The molecule has 19 heavy (non-hydrogen) atoms. The summed E-state index contributed by atoms with van der Waals surface area (Å²) in [6.07, 6.45) is 1.04. The normalized spacial score (nSPS) is 12.6. The molecule has 0 saturated heterocycles. The summed E-state index contributed by atoms with van der Waals surface area (Å²) in [5.41, 5.74) is 0.950. The van der Waals surface area contributed by atoms with Gasteiger partial charge in [-0.1, -0.05) is 26.0 Å². The molecule has 0 radical (unpaired) electrons. The lowest BCUT2D eigenvalue weighted by molar-refractivity contribution is 0.599. The van der Waals surface area contributed by atoms with Gasteiger partial charge in [-0.25, -0.2) is 4.39 Å². The van der Waals surface area contributed by atoms with Crippen LogP contribution in [0.5, 0.6) is 0 Å². The molecule has 0 aliphatic rings. The fraction of sp³-hybridized carbons (Fsp3) is 0.333. The van der Waals surface area contributed by atoms with Crippen LogP contribution in [0.2, 0.25) is 0 Å². The van der Waals surface area contributed by atoms with Crippen molar-refractivity contribution in [2.75, 3.05) is 6.54 Å². The van der Waals surface area contributed by atoms with Crippen molar-refractivity contribution in [3.05, 3.63) is 55.9 Å². The van der Waals surface area contributed by atoms with E-state index in [0.717, 1.165) is 18.5 Å². The van der Waals surface area contributed by atoms with Crippen LogP contribution in [0.25, 0.3) is 0 Å². The Kier molecular flexibility index (Phi) is 5.13. The summed E-state index contributed by atoms with van der Waals surface area (Å²) < 4.78 is 14.2. The maximum Gasteiger partial charge on any atom is 0.137 e. The van der Waals surface area contributed by atoms with Gasteiger partial charge in [0.2, 0.25) is 0 Å². The first kappa shape index (κ1) is 14.7. The average molecular weight is 342 g/mol. The summed E-state index contributed by atoms with van der Waals surface area (Å²) in [6.45, 7) is 5.05. The van der Waals surface area contributed by atoms with Crippen molar-refractivity contribution < 1.29 is 4.39 Å². The summed E-state index contributed by atoms with van der Waals surface area (Å²) in [7, 11) is 0. The number of hydrogen-bond acceptors (Lipinski definition) is 2. The van der Waals surface area contributed by atoms with E-state index in [0.29, 0.717) is 4.47 Å². The van der Waals surface area contributed by atoms with Crippen LogP contribution < -0.4 is 5.32 Å². The fourth-order valence-corrected chi connectivity index (χ4v) is 3.59. The Morgan fingerprint density at radius 1 is 1.26 bits per heavy atom. The molecular weight excluding hydrogens is 325 g/mol. The minimum atomic E-state index is -0.215. The van der Waals surface area contributed by atoms with Crippen molar-refractivity contribution in [3.8, 4) is 0 Å². The van der Waals surface area contributed by atoms with Gasteiger partial charge in [0.1, 0.15) is 5.82 Å². The molecule has 1 aromatic carbocycles. The van der Waals surface area contributed by atoms with Crippen LogP contribution in [-0.2, 0) is 6.42 Å². The highest BCUT2D eigenvalue weighted by molar-refractivity contribution is 9.10. The Morgan fingerprint density at radius 3 is 2.68 bits per heavy atom. The molecule has 1 N–H and O–H groups in total. The van der Waals surface area contributed by atoms with Crippen molar-refractivity contribution in [1.29, 1.82) is 0 Å². The second-order valence-electron chi connectivity index (χ2n) is 4.29. The minimum Gasteiger partial charge on any atom is -0.306 e. The van der Waals surface area contributed by atoms with Gasteiger partial charge < -0.3 is 5.32 Å². The summed E-state index contributed by atoms with van der Waals surface area (Å²) in [6, 6.07) is 9.52. The molecule has 1 aromatic heterocycles. The third-order valence-electron chi connectivity index (χ3n) is 3.02. The topological polar surface area (TPSA) is 12.0 Å². The van der Waals surface area contributed by atoms with Crippen molar-refractivity contribution in [1.82, 2.24) is 5.32 Å². The molecule has 1 nitrogen and oxygen atoms in total. The predicted octanol–water partition coefficient (Wildman–Crippen LogP) is 4.91. The third-order valence-corrected chi connectivity index (χ3v) is 5.15. The van der Waals surface area contributed by atoms with E-state index in [1.165, 1.54) is 15.8 Å². The molecule has 0 spiro atoms. The molecule has 0 aliphatic carbocycles. The molecule has 0 amide bonds. The highest BCUT2D eigenvalue weighted by Gasteiger charge is 2.19. The Balaban J connectivity index is 2.42. The van der Waals surface area contributed by atoms with Gasteiger partial charge in [-0.05, 0) is 52.7 Å². The second kappa shape index (κ2) is 6.64. The van der Waals surface area contributed by atoms with E-state index in [-0.39, 0.29) is 11.9 Å². The first-order valence-electron chi connectivity index (χ1n) is 6.43. The molecule has 102 valence electrons. The molecule has 1 heterocycles. The van der Waals surface area contributed by atoms with Gasteiger partial charge in [0.05, 0.1) is 10.5 Å². The van der Waals surface area contributed by atoms with Crippen molar-refractivity contribution in [2.24, 2.45) is 0 Å². The van der Waals surface area contributed by atoms with Crippen molar-refractivity contribution >= 4 is 27.3 Å². The highest BCUT2D eigenvalue weighted by Crippen LogP contribution is 2.33. The van der Waals surface area contributed by atoms with E-state index >= 15 is 0 Å². The maximum absolute atomic E-state index is 13.7. The van der Waals surface area contributed by atoms with Crippen LogP contribution in [0, 0.1) is 5.82 Å². The number of benzene rings is 1. The summed E-state index contributed by atoms with van der Waals surface area (Å²) in [5, 5.41) is 3.43. The van der Waals surface area contributed by atoms with Gasteiger partial charge in [0.15, 0.2) is 0 Å². The molecule has 0 aliphatic heterocycles. The van der Waals surface area contributed by atoms with Gasteiger partial charge in [0, 0.05) is 9.75 Å². The van der Waals surface area contributed by atoms with Gasteiger partial charge in [-0.3, -0.25) is 0 Å². The molecule has 0 saturated carbocycles. The SMILES string of the molecule is CCNC(c1ccc(CC)s1)c1cccc(F)c1Br. The number of rotatable bonds is 5. The number of aryl methyl sites for hydroxylation is 1. The molecule has 2 aromatic rings. The summed E-state index contributed by atoms with van der Waals surface area (Å²) in [4.78, 5) is 2.58. The smallest absolute Gasteiger partial charge is 0.137 e. The number of nitrogens with one attached hydrogen (secondary N) is 1. The van der Waals surface area contributed by atoms with Crippen LogP contribution >= 0.6 is 27.3 Å². The van der Waals surface area contributed by atoms with Gasteiger partial charge in [-0.2, -0.15) is 0 Å². The van der Waals surface area contributed by atoms with E-state index in [4.69, 9.17) is 0 Å². The van der Waals surface area contributed by atoms with E-state index in [9.17, 15) is 4.39 Å². The molecule has 0 bridgehead atoms. The Labute approximate surface area is 126 Å². The lowest BCUT2D eigenvalue weighted by Gasteiger charge is -2.18. The zero-order valence-electron chi connectivity index (χ0n) is 11.0. The molecule has 2 rings (SSSR count). The van der Waals surface area contributed by atoms with Gasteiger partial charge >= 0.3 is 0 Å². The Bertz CT molecular complexity index is 553. The van der Waals surface area contributed by atoms with Crippen LogP contribution in [0.4, 0.5) is 4.39 Å². The van der Waals surface area contributed by atoms with Crippen LogP contribution in [-0.4, -0.2) is 6.54 Å². The fourth-order valence-electron chi connectivity index (χ4n) is 2.05. The largest absolute Gasteiger partial charge is 0.306 e. The Morgan fingerprint density at radius 2 is 2.05 bits per heavy atom. The highest BCUT2D eigenvalue weighted by atomic mass is 79.9. The predicted molar refractivity (Wildman–Crippen MR) is 83.3 cm³/mol. The standard InChI is InChI=1S/C15H17BrFNS/c1-3-10-8-9-13(19-10)15(18-4-2)11-6-5-7-12(17)14(11)16/h5-9,15,18H,3-4H2,1-2H3. The van der Waals surface area contributed by atoms with Gasteiger partial charge in [-0.15, -0.1) is 11.3 Å². The number of hydrogen-bond donors (Lipinski definition) is 1. The molecule has 1 unspecified atom stereocenters. The van der Waals surface area contributed by atoms with Crippen LogP contribution in [0.15, 0.2) is 34.8 Å². The zero-order chi connectivity index (χ0) is 13.8. The van der Waals surface area contributed by atoms with Crippen molar-refractivity contribution in [3.63, 3.8) is 0 Å². The number of halogens is 2. The zero-order valence-corrected chi connectivity index (χ0v) is 13.4. The van der Waals surface area contributed by atoms with Crippen molar-refractivity contribution in [2.45, 2.75) is 26.3 Å². The first-order valence-corrected chi connectivity index (χ1v) is 8.04. The van der Waals surface area contributed by atoms with Crippen LogP contribution in [0.1, 0.15) is 35.2 Å². The summed E-state index contributed by atoms with van der Waals surface area (Å²) in [5.74, 6) is -0.215. The minimum absolute atomic E-state index is 0.0420. The molecular formula is C15H17BrFNS. The van der Waals surface area contributed by atoms with Gasteiger partial charge in [0.25, 0.3) is 0 Å². The second-order valence-corrected chi connectivity index (χ2v) is 6.28. The van der Waals surface area contributed by atoms with E-state index in [2.05, 4.69) is 47.2 Å². The lowest BCUT2D eigenvalue weighted by Crippen LogP contribution is -2.21. The summed E-state index contributed by atoms with van der Waals surface area (Å²) >= 11 is 5.15. The first-order chi connectivity index (χ1) is 9.17. The molecule has 4 heteroatoms. The van der Waals surface area contributed by atoms with E-state index in [1.807, 2.05) is 6.07 Å². The van der Waals surface area contributed by atoms with E-state index in [1.54, 1.807) is 17.4 Å². The third kappa shape index (κ3) is 3.25. The van der Waals surface area contributed by atoms with Crippen LogP contribution in [0.3, 0.4) is 0 Å². The quantitative estimate of drug-likeness (QED) is 0.814. The lowest BCUT2D eigenvalue weighted by atomic mass is 10.1. The number of thiophene rings is 1. The average Bonchev–Trinajstić information content (AvgIpc) is 2.88. The maximum atomic E-state index is 13.7. The molecule has 1 atom stereocenters. The Hall–Kier alpha value is -0.710. The monoisotopic (exact) mass is 341 g/mol.